The molecule has 0 aliphatic heterocycles. The largest absolute Gasteiger partial charge is 0.338 e. The Balaban J connectivity index is 2.22. The van der Waals surface area contributed by atoms with Crippen LogP contribution in [0.5, 0.6) is 0 Å². The van der Waals surface area contributed by atoms with Crippen LogP contribution in [0.4, 0.5) is 0 Å². The highest BCUT2D eigenvalue weighted by atomic mass is 79.9. The van der Waals surface area contributed by atoms with Gasteiger partial charge in [-0.2, -0.15) is 0 Å². The molecule has 3 nitrogen and oxygen atoms in total. The van der Waals surface area contributed by atoms with Crippen LogP contribution in [0.2, 0.25) is 0 Å². The summed E-state index contributed by atoms with van der Waals surface area (Å²) >= 11 is 3.63. The molecule has 0 aliphatic rings. The Kier molecular flexibility index (Phi) is 5.38. The number of halogens is 1. The van der Waals surface area contributed by atoms with Gasteiger partial charge in [-0.15, -0.1) is 0 Å². The van der Waals surface area contributed by atoms with Gasteiger partial charge in [-0.25, -0.2) is 4.98 Å². The first-order valence-electron chi connectivity index (χ1n) is 7.07. The van der Waals surface area contributed by atoms with Crippen LogP contribution in [0.15, 0.2) is 35.1 Å². The van der Waals surface area contributed by atoms with E-state index in [0.717, 1.165) is 29.7 Å². The Morgan fingerprint density at radius 3 is 2.80 bits per heavy atom. The minimum atomic E-state index is 0.299. The first-order valence-corrected chi connectivity index (χ1v) is 7.86. The molecule has 0 spiro atoms. The molecule has 0 saturated heterocycles. The van der Waals surface area contributed by atoms with Gasteiger partial charge >= 0.3 is 0 Å². The molecular formula is C16H22BrN3. The first kappa shape index (κ1) is 15.3. The topological polar surface area (TPSA) is 29.9 Å². The maximum Gasteiger partial charge on any atom is 0.110 e. The van der Waals surface area contributed by atoms with Gasteiger partial charge in [-0.3, -0.25) is 0 Å². The van der Waals surface area contributed by atoms with Gasteiger partial charge in [0, 0.05) is 36.4 Å². The Labute approximate surface area is 129 Å². The number of nitrogens with one attached hydrogen (secondary N) is 1. The fraction of sp³-hybridized carbons (Fsp3) is 0.438. The predicted octanol–water partition coefficient (Wildman–Crippen LogP) is 3.77. The lowest BCUT2D eigenvalue weighted by molar-refractivity contribution is 0.511. The number of aromatic nitrogens is 2. The van der Waals surface area contributed by atoms with Crippen molar-refractivity contribution in [1.29, 1.82) is 0 Å². The number of rotatable bonds is 6. The van der Waals surface area contributed by atoms with Gasteiger partial charge in [0.05, 0.1) is 0 Å². The molecule has 1 heterocycles. The highest BCUT2D eigenvalue weighted by molar-refractivity contribution is 9.10. The standard InChI is InChI=1S/C16H22BrN3/c1-4-7-18-15(11-16-19-8-9-20(16)3)13-6-5-12(2)14(17)10-13/h5-6,8-10,15,18H,4,7,11H2,1-3H3. The van der Waals surface area contributed by atoms with Gasteiger partial charge in [0.15, 0.2) is 0 Å². The van der Waals surface area contributed by atoms with E-state index in [1.165, 1.54) is 11.1 Å². The molecule has 1 aromatic heterocycles. The van der Waals surface area contributed by atoms with Gasteiger partial charge in [-0.1, -0.05) is 35.0 Å². The van der Waals surface area contributed by atoms with Gasteiger partial charge in [0.1, 0.15) is 5.82 Å². The van der Waals surface area contributed by atoms with Crippen molar-refractivity contribution >= 4 is 15.9 Å². The summed E-state index contributed by atoms with van der Waals surface area (Å²) in [6, 6.07) is 6.88. The summed E-state index contributed by atoms with van der Waals surface area (Å²) in [6.45, 7) is 5.32. The second-order valence-electron chi connectivity index (χ2n) is 5.17. The van der Waals surface area contributed by atoms with E-state index >= 15 is 0 Å². The van der Waals surface area contributed by atoms with Crippen molar-refractivity contribution < 1.29 is 0 Å². The van der Waals surface area contributed by atoms with Crippen LogP contribution in [0, 0.1) is 6.92 Å². The number of hydrogen-bond donors (Lipinski definition) is 1. The van der Waals surface area contributed by atoms with E-state index < -0.39 is 0 Å². The molecule has 2 rings (SSSR count). The molecule has 0 radical (unpaired) electrons. The molecular weight excluding hydrogens is 314 g/mol. The molecule has 2 aromatic rings. The van der Waals surface area contributed by atoms with Gasteiger partial charge in [0.25, 0.3) is 0 Å². The van der Waals surface area contributed by atoms with Crippen molar-refractivity contribution in [3.8, 4) is 0 Å². The lowest BCUT2D eigenvalue weighted by Crippen LogP contribution is -2.25. The number of imidazole rings is 1. The molecule has 1 unspecified atom stereocenters. The average Bonchev–Trinajstić information content (AvgIpc) is 2.83. The van der Waals surface area contributed by atoms with Crippen LogP contribution < -0.4 is 5.32 Å². The third-order valence-corrected chi connectivity index (χ3v) is 4.40. The smallest absolute Gasteiger partial charge is 0.110 e. The fourth-order valence-electron chi connectivity index (χ4n) is 2.23. The molecule has 1 atom stereocenters. The van der Waals surface area contributed by atoms with Crippen LogP contribution >= 0.6 is 15.9 Å². The fourth-order valence-corrected chi connectivity index (χ4v) is 2.62. The van der Waals surface area contributed by atoms with Crippen molar-refractivity contribution in [2.24, 2.45) is 7.05 Å². The molecule has 0 amide bonds. The predicted molar refractivity (Wildman–Crippen MR) is 86.8 cm³/mol. The second kappa shape index (κ2) is 7.04. The highest BCUT2D eigenvalue weighted by Gasteiger charge is 2.14. The quantitative estimate of drug-likeness (QED) is 0.870. The Hall–Kier alpha value is -1.13. The zero-order valence-electron chi connectivity index (χ0n) is 12.4. The van der Waals surface area contributed by atoms with E-state index in [2.05, 4.69) is 62.8 Å². The number of aryl methyl sites for hydroxylation is 2. The SMILES string of the molecule is CCCNC(Cc1nccn1C)c1ccc(C)c(Br)c1. The Morgan fingerprint density at radius 1 is 1.40 bits per heavy atom. The second-order valence-corrected chi connectivity index (χ2v) is 6.03. The average molecular weight is 336 g/mol. The molecule has 1 aromatic carbocycles. The molecule has 0 fully saturated rings. The lowest BCUT2D eigenvalue weighted by atomic mass is 10.0. The van der Waals surface area contributed by atoms with E-state index in [-0.39, 0.29) is 0 Å². The van der Waals surface area contributed by atoms with Crippen LogP contribution in [0.25, 0.3) is 0 Å². The van der Waals surface area contributed by atoms with E-state index in [1.54, 1.807) is 0 Å². The van der Waals surface area contributed by atoms with Gasteiger partial charge in [0.2, 0.25) is 0 Å². The molecule has 108 valence electrons. The Morgan fingerprint density at radius 2 is 2.20 bits per heavy atom. The summed E-state index contributed by atoms with van der Waals surface area (Å²) in [6.07, 6.45) is 5.89. The van der Waals surface area contributed by atoms with Crippen LogP contribution in [-0.4, -0.2) is 16.1 Å². The third-order valence-electron chi connectivity index (χ3n) is 3.55. The van der Waals surface area contributed by atoms with Crippen molar-refractivity contribution in [1.82, 2.24) is 14.9 Å². The number of hydrogen-bond acceptors (Lipinski definition) is 2. The maximum atomic E-state index is 4.44. The third kappa shape index (κ3) is 3.70. The van der Waals surface area contributed by atoms with Crippen molar-refractivity contribution in [2.75, 3.05) is 6.54 Å². The van der Waals surface area contributed by atoms with Gasteiger partial charge < -0.3 is 9.88 Å². The number of nitrogens with zero attached hydrogens (tertiary/aromatic N) is 2. The van der Waals surface area contributed by atoms with Crippen molar-refractivity contribution in [2.45, 2.75) is 32.7 Å². The van der Waals surface area contributed by atoms with Crippen molar-refractivity contribution in [3.05, 3.63) is 52.0 Å². The normalized spacial score (nSPS) is 12.6. The lowest BCUT2D eigenvalue weighted by Gasteiger charge is -2.19. The van der Waals surface area contributed by atoms with Crippen LogP contribution in [0.3, 0.4) is 0 Å². The molecule has 4 heteroatoms. The summed E-state index contributed by atoms with van der Waals surface area (Å²) in [5.41, 5.74) is 2.57. The van der Waals surface area contributed by atoms with E-state index in [1.807, 2.05) is 19.4 Å². The minimum absolute atomic E-state index is 0.299. The number of benzene rings is 1. The maximum absolute atomic E-state index is 4.44. The summed E-state index contributed by atoms with van der Waals surface area (Å²) in [5.74, 6) is 1.11. The first-order chi connectivity index (χ1) is 9.61. The van der Waals surface area contributed by atoms with E-state index in [4.69, 9.17) is 0 Å². The molecule has 0 saturated carbocycles. The van der Waals surface area contributed by atoms with E-state index in [9.17, 15) is 0 Å². The summed E-state index contributed by atoms with van der Waals surface area (Å²) in [4.78, 5) is 4.44. The zero-order valence-corrected chi connectivity index (χ0v) is 13.9. The summed E-state index contributed by atoms with van der Waals surface area (Å²) < 4.78 is 3.25. The van der Waals surface area contributed by atoms with Crippen LogP contribution in [0.1, 0.15) is 36.3 Å². The minimum Gasteiger partial charge on any atom is -0.338 e. The molecule has 1 N–H and O–H groups in total. The summed E-state index contributed by atoms with van der Waals surface area (Å²) in [7, 11) is 2.05. The van der Waals surface area contributed by atoms with Gasteiger partial charge in [-0.05, 0) is 37.1 Å². The molecule has 20 heavy (non-hydrogen) atoms. The highest BCUT2D eigenvalue weighted by Crippen LogP contribution is 2.24. The van der Waals surface area contributed by atoms with E-state index in [0.29, 0.717) is 6.04 Å². The molecule has 0 aliphatic carbocycles. The zero-order chi connectivity index (χ0) is 14.5. The van der Waals surface area contributed by atoms with Crippen LogP contribution in [-0.2, 0) is 13.5 Å². The monoisotopic (exact) mass is 335 g/mol. The molecule has 0 bridgehead atoms. The van der Waals surface area contributed by atoms with Crippen molar-refractivity contribution in [3.63, 3.8) is 0 Å². The Bertz CT molecular complexity index is 563. The summed E-state index contributed by atoms with van der Waals surface area (Å²) in [5, 5.41) is 3.62.